The van der Waals surface area contributed by atoms with Crippen molar-refractivity contribution in [3.8, 4) is 48.7 Å². The molecule has 0 radical (unpaired) electrons. The van der Waals surface area contributed by atoms with Crippen LogP contribution >= 0.6 is 21.6 Å². The van der Waals surface area contributed by atoms with Crippen molar-refractivity contribution in [2.75, 3.05) is 83.8 Å². The maximum absolute atomic E-state index is 13.4. The summed E-state index contributed by atoms with van der Waals surface area (Å²) < 4.78 is 28.0. The van der Waals surface area contributed by atoms with Crippen molar-refractivity contribution in [2.45, 2.75) is 55.4 Å². The summed E-state index contributed by atoms with van der Waals surface area (Å²) in [5.74, 6) is 2.33. The van der Waals surface area contributed by atoms with Crippen molar-refractivity contribution in [3.05, 3.63) is 88.1 Å². The zero-order chi connectivity index (χ0) is 48.8. The number of pyridine rings is 1. The molecule has 354 valence electrons. The van der Waals surface area contributed by atoms with Gasteiger partial charge in [0.1, 0.15) is 11.2 Å². The van der Waals surface area contributed by atoms with Gasteiger partial charge in [-0.15, -0.1) is 25.7 Å². The molecule has 17 nitrogen and oxygen atoms in total. The number of anilines is 2. The first-order valence-electron chi connectivity index (χ1n) is 20.6. The molecule has 0 saturated carbocycles. The smallest absolute Gasteiger partial charge is 0.287 e. The standard InChI is InChI=1S/C35H44N4O8.C8H10N2O3S2.2C2H2/c1-22-11-25(37(3)18-22)17-36-27-15-32(30(44-4)13-24(27)20-40)46-9-7-6-8-10-47-33-16-28-26(14-31(33)45-5)34(42)38-19-23(2)12-29(38)35(43)39(28)21-41;1-13-4-5-14-15-8-3-2-7(6-9-8)10(11)12;2*1-2/h13-16,20-21,25,29,35-36,43H,1-2,6-12,17-19H2,3-5H3;2-3,6H,4-5H2,1H3;2*1-2H/t25?,29-,35-;;;/m0.../s1. The van der Waals surface area contributed by atoms with Gasteiger partial charge in [0, 0.05) is 68.0 Å². The predicted molar refractivity (Wildman–Crippen MR) is 259 cm³/mol. The van der Waals surface area contributed by atoms with Gasteiger partial charge in [-0.3, -0.25) is 34.3 Å². The number of nitrogens with one attached hydrogen (secondary N) is 1. The van der Waals surface area contributed by atoms with Crippen molar-refractivity contribution < 1.29 is 48.1 Å². The number of terminal acetylenes is 2. The van der Waals surface area contributed by atoms with Crippen LogP contribution in [0.4, 0.5) is 17.1 Å². The number of carbonyl (C=O) groups excluding carboxylic acids is 3. The van der Waals surface area contributed by atoms with Crippen molar-refractivity contribution >= 4 is 57.3 Å². The van der Waals surface area contributed by atoms with Crippen LogP contribution in [0.2, 0.25) is 0 Å². The minimum atomic E-state index is -1.22. The number of unbranched alkanes of at least 4 members (excludes halogenated alkanes) is 2. The molecule has 2 N–H and O–H groups in total. The molecule has 0 spiro atoms. The Kier molecular flexibility index (Phi) is 22.9. The zero-order valence-electron chi connectivity index (χ0n) is 37.7. The number of rotatable bonds is 21. The van der Waals surface area contributed by atoms with Gasteiger partial charge in [-0.25, -0.2) is 4.98 Å². The molecule has 2 saturated heterocycles. The summed E-state index contributed by atoms with van der Waals surface area (Å²) in [5, 5.41) is 25.5. The Bertz CT molecular complexity index is 2160. The molecule has 66 heavy (non-hydrogen) atoms. The molecule has 3 aliphatic rings. The zero-order valence-corrected chi connectivity index (χ0v) is 39.4. The van der Waals surface area contributed by atoms with Gasteiger partial charge in [-0.2, -0.15) is 0 Å². The van der Waals surface area contributed by atoms with Crippen LogP contribution in [-0.4, -0.2) is 135 Å². The number of nitrogens with zero attached hydrogens (tertiary/aromatic N) is 5. The van der Waals surface area contributed by atoms with Crippen LogP contribution in [0.1, 0.15) is 52.8 Å². The quantitative estimate of drug-likeness (QED) is 0.0216. The number of likely N-dealkylation sites (tertiary alicyclic amines) is 1. The topological polar surface area (TPSA) is 195 Å². The third kappa shape index (κ3) is 14.6. The maximum Gasteiger partial charge on any atom is 0.287 e. The molecule has 1 unspecified atom stereocenters. The summed E-state index contributed by atoms with van der Waals surface area (Å²) in [6, 6.07) is 9.45. The average molecular weight is 947 g/mol. The predicted octanol–water partition coefficient (Wildman–Crippen LogP) is 6.76. The SMILES string of the molecule is C#C.C#C.C=C1CC(CNc2cc(OCCCCCOc3cc4c(cc3OC)C(=O)N3CC(=C)C[C@H]3[C@H](O)N4C=O)c(OC)cc2C=O)N(C)C1.COCCSSc1ccc([N+](=O)[O-])cn1. The van der Waals surface area contributed by atoms with Crippen LogP contribution in [-0.2, 0) is 9.53 Å². The second-order valence-electron chi connectivity index (χ2n) is 14.8. The van der Waals surface area contributed by atoms with E-state index in [1.807, 2.05) is 6.07 Å². The van der Waals surface area contributed by atoms with Gasteiger partial charge in [0.15, 0.2) is 35.5 Å². The van der Waals surface area contributed by atoms with E-state index in [9.17, 15) is 29.6 Å². The molecule has 19 heteroatoms. The molecule has 3 aromatic rings. The lowest BCUT2D eigenvalue weighted by atomic mass is 10.1. The van der Waals surface area contributed by atoms with E-state index in [4.69, 9.17) is 23.7 Å². The normalized spacial score (nSPS) is 17.2. The number of aliphatic hydroxyl groups excluding tert-OH is 1. The van der Waals surface area contributed by atoms with Gasteiger partial charge in [-0.05, 0) is 68.1 Å². The lowest BCUT2D eigenvalue weighted by Gasteiger charge is -2.29. The van der Waals surface area contributed by atoms with Crippen LogP contribution in [0.25, 0.3) is 0 Å². The highest BCUT2D eigenvalue weighted by Crippen LogP contribution is 2.41. The second kappa shape index (κ2) is 28.0. The molecular weight excluding hydrogens is 889 g/mol. The summed E-state index contributed by atoms with van der Waals surface area (Å²) in [6.45, 7) is 11.4. The third-order valence-corrected chi connectivity index (χ3v) is 12.7. The first kappa shape index (κ1) is 54.1. The number of hydrogen-bond donors (Lipinski definition) is 2. The van der Waals surface area contributed by atoms with Gasteiger partial charge in [0.2, 0.25) is 6.41 Å². The molecule has 2 fully saturated rings. The highest BCUT2D eigenvalue weighted by Gasteiger charge is 2.44. The number of likely N-dealkylation sites (N-methyl/N-ethyl adjacent to an activating group) is 1. The van der Waals surface area contributed by atoms with Crippen LogP contribution in [0.5, 0.6) is 23.0 Å². The molecule has 3 aliphatic heterocycles. The highest BCUT2D eigenvalue weighted by atomic mass is 33.1. The number of benzene rings is 2. The Morgan fingerprint density at radius 3 is 2.14 bits per heavy atom. The Hall–Kier alpha value is -6.22. The third-order valence-electron chi connectivity index (χ3n) is 10.4. The number of aromatic nitrogens is 1. The molecule has 3 atom stereocenters. The Labute approximate surface area is 394 Å². The molecule has 0 bridgehead atoms. The van der Waals surface area contributed by atoms with E-state index < -0.39 is 17.2 Å². The number of aldehydes is 1. The summed E-state index contributed by atoms with van der Waals surface area (Å²) in [6.07, 6.45) is 21.0. The highest BCUT2D eigenvalue weighted by molar-refractivity contribution is 8.76. The Morgan fingerprint density at radius 2 is 1.58 bits per heavy atom. The lowest BCUT2D eigenvalue weighted by Crippen LogP contribution is -2.48. The number of nitro groups is 1. The molecule has 2 amide bonds. The molecule has 4 heterocycles. The van der Waals surface area contributed by atoms with E-state index in [1.165, 1.54) is 40.6 Å². The van der Waals surface area contributed by atoms with Crippen molar-refractivity contribution in [1.29, 1.82) is 0 Å². The average Bonchev–Trinajstić information content (AvgIpc) is 3.88. The van der Waals surface area contributed by atoms with Crippen LogP contribution in [0.15, 0.2) is 71.9 Å². The fourth-order valence-electron chi connectivity index (χ4n) is 7.21. The summed E-state index contributed by atoms with van der Waals surface area (Å²) in [4.78, 5) is 56.1. The number of aliphatic hydroxyl groups is 1. The summed E-state index contributed by atoms with van der Waals surface area (Å²) in [7, 11) is 9.84. The lowest BCUT2D eigenvalue weighted by molar-refractivity contribution is -0.385. The van der Waals surface area contributed by atoms with E-state index in [2.05, 4.69) is 61.1 Å². The number of methoxy groups -OCH3 is 3. The Balaban J connectivity index is 0.000000512. The minimum Gasteiger partial charge on any atom is -0.493 e. The van der Waals surface area contributed by atoms with E-state index >= 15 is 0 Å². The first-order chi connectivity index (χ1) is 31.9. The van der Waals surface area contributed by atoms with Gasteiger partial charge in [0.25, 0.3) is 11.6 Å². The van der Waals surface area contributed by atoms with Crippen LogP contribution in [0, 0.1) is 35.8 Å². The second-order valence-corrected chi connectivity index (χ2v) is 17.2. The van der Waals surface area contributed by atoms with Gasteiger partial charge >= 0.3 is 0 Å². The minimum absolute atomic E-state index is 0.0150. The summed E-state index contributed by atoms with van der Waals surface area (Å²) in [5.41, 5.74) is 3.75. The molecule has 2 aromatic carbocycles. The van der Waals surface area contributed by atoms with E-state index in [-0.39, 0.29) is 22.8 Å². The number of fused-ring (bicyclic) bond motifs is 2. The molecule has 6 rings (SSSR count). The monoisotopic (exact) mass is 946 g/mol. The van der Waals surface area contributed by atoms with Crippen molar-refractivity contribution in [3.63, 3.8) is 0 Å². The number of hydrogen-bond acceptors (Lipinski definition) is 16. The molecule has 0 aliphatic carbocycles. The number of carbonyl (C=O) groups is 3. The number of ether oxygens (including phenoxy) is 5. The van der Waals surface area contributed by atoms with Crippen LogP contribution < -0.4 is 29.2 Å². The summed E-state index contributed by atoms with van der Waals surface area (Å²) >= 11 is 0. The molecule has 1 aromatic heterocycles. The number of amides is 2. The fraction of sp³-hybridized carbons (Fsp3) is 0.404. The van der Waals surface area contributed by atoms with Crippen molar-refractivity contribution in [1.82, 2.24) is 14.8 Å². The fourth-order valence-corrected chi connectivity index (χ4v) is 8.98. The van der Waals surface area contributed by atoms with Gasteiger partial charge in [-0.1, -0.05) is 35.1 Å². The van der Waals surface area contributed by atoms with Crippen molar-refractivity contribution in [2.24, 2.45) is 0 Å². The van der Waals surface area contributed by atoms with Gasteiger partial charge < -0.3 is 39.0 Å². The van der Waals surface area contributed by atoms with E-state index in [0.29, 0.717) is 92.5 Å². The molecular formula is C47H58N6O11S2. The Morgan fingerprint density at radius 1 is 0.924 bits per heavy atom. The van der Waals surface area contributed by atoms with Crippen LogP contribution in [0.3, 0.4) is 0 Å². The van der Waals surface area contributed by atoms with E-state index in [1.54, 1.807) is 54.2 Å². The van der Waals surface area contributed by atoms with E-state index in [0.717, 1.165) is 48.4 Å². The maximum atomic E-state index is 13.4. The first-order valence-corrected chi connectivity index (χ1v) is 22.9. The largest absolute Gasteiger partial charge is 0.493 e. The van der Waals surface area contributed by atoms with Gasteiger partial charge in [0.05, 0.1) is 56.3 Å².